The molecule has 1 unspecified atom stereocenters. The van der Waals surface area contributed by atoms with E-state index in [0.29, 0.717) is 33.2 Å². The first kappa shape index (κ1) is 23.4. The normalized spacial score (nSPS) is 15.8. The van der Waals surface area contributed by atoms with Crippen LogP contribution in [0, 0.1) is 29.6 Å². The molecule has 3 N–H and O–H groups in total. The van der Waals surface area contributed by atoms with Gasteiger partial charge in [-0.15, -0.1) is 21.5 Å². The number of nitriles is 1. The maximum atomic E-state index is 12.7. The van der Waals surface area contributed by atoms with Gasteiger partial charge in [0.2, 0.25) is 11.1 Å². The van der Waals surface area contributed by atoms with Crippen LogP contribution in [0.2, 0.25) is 0 Å². The van der Waals surface area contributed by atoms with Crippen LogP contribution in [0.4, 0.5) is 5.00 Å². The summed E-state index contributed by atoms with van der Waals surface area (Å²) < 4.78 is 6.66. The van der Waals surface area contributed by atoms with Gasteiger partial charge in [-0.05, 0) is 49.1 Å². The number of thiophene rings is 1. The Kier molecular flexibility index (Phi) is 6.54. The van der Waals surface area contributed by atoms with E-state index in [-0.39, 0.29) is 17.1 Å². The number of carbonyl (C=O) groups is 1. The fourth-order valence-corrected chi connectivity index (χ4v) is 6.17. The molecule has 1 aliphatic carbocycles. The number of furan rings is 1. The number of aromatic nitrogens is 3. The van der Waals surface area contributed by atoms with Crippen LogP contribution >= 0.6 is 23.1 Å². The van der Waals surface area contributed by atoms with Crippen LogP contribution in [0.3, 0.4) is 0 Å². The number of thioether (sulfide) groups is 1. The summed E-state index contributed by atoms with van der Waals surface area (Å²) >= 11 is 2.74. The average molecular weight is 485 g/mol. The number of fused-ring (bicyclic) bond motifs is 1. The van der Waals surface area contributed by atoms with E-state index in [0.717, 1.165) is 36.8 Å². The molecule has 0 saturated heterocycles. The third kappa shape index (κ3) is 4.52. The number of nitrogens with two attached hydrogens (primary N) is 1. The van der Waals surface area contributed by atoms with Crippen LogP contribution in [-0.2, 0) is 17.6 Å². The summed E-state index contributed by atoms with van der Waals surface area (Å²) in [6, 6.07) is 4.09. The lowest BCUT2D eigenvalue weighted by atomic mass is 9.69. The van der Waals surface area contributed by atoms with E-state index >= 15 is 0 Å². The predicted octanol–water partition coefficient (Wildman–Crippen LogP) is 4.77. The van der Waals surface area contributed by atoms with Crippen LogP contribution in [0.1, 0.15) is 55.4 Å². The van der Waals surface area contributed by atoms with E-state index in [4.69, 9.17) is 10.3 Å². The molecule has 8 nitrogen and oxygen atoms in total. The zero-order valence-electron chi connectivity index (χ0n) is 19.3. The van der Waals surface area contributed by atoms with E-state index < -0.39 is 0 Å². The average Bonchev–Trinajstić information content (AvgIpc) is 3.47. The fourth-order valence-electron chi connectivity index (χ4n) is 4.22. The van der Waals surface area contributed by atoms with Crippen molar-refractivity contribution >= 4 is 34.0 Å². The van der Waals surface area contributed by atoms with Gasteiger partial charge in [0.1, 0.15) is 16.8 Å². The number of hydrogen-bond acceptors (Lipinski definition) is 8. The van der Waals surface area contributed by atoms with E-state index in [1.807, 2.05) is 6.92 Å². The lowest BCUT2D eigenvalue weighted by Gasteiger charge is -2.36. The molecule has 1 amide bonds. The predicted molar refractivity (Wildman–Crippen MR) is 131 cm³/mol. The van der Waals surface area contributed by atoms with Crippen LogP contribution in [0.15, 0.2) is 21.9 Å². The molecule has 1 aliphatic rings. The molecule has 174 valence electrons. The van der Waals surface area contributed by atoms with Crippen molar-refractivity contribution in [2.75, 3.05) is 16.9 Å². The van der Waals surface area contributed by atoms with Crippen molar-refractivity contribution in [3.8, 4) is 17.5 Å². The maximum absolute atomic E-state index is 12.7. The molecule has 10 heteroatoms. The van der Waals surface area contributed by atoms with Gasteiger partial charge < -0.3 is 15.6 Å². The van der Waals surface area contributed by atoms with E-state index in [2.05, 4.69) is 42.4 Å². The monoisotopic (exact) mass is 484 g/mol. The summed E-state index contributed by atoms with van der Waals surface area (Å²) in [4.78, 5) is 13.9. The Labute approximate surface area is 201 Å². The van der Waals surface area contributed by atoms with Crippen LogP contribution in [-0.4, -0.2) is 26.5 Å². The van der Waals surface area contributed by atoms with Gasteiger partial charge in [0, 0.05) is 4.88 Å². The molecule has 1 atom stereocenters. The van der Waals surface area contributed by atoms with Gasteiger partial charge in [-0.3, -0.25) is 4.79 Å². The van der Waals surface area contributed by atoms with Gasteiger partial charge >= 0.3 is 0 Å². The molecule has 0 aliphatic heterocycles. The summed E-state index contributed by atoms with van der Waals surface area (Å²) in [7, 11) is 0. The van der Waals surface area contributed by atoms with Gasteiger partial charge in [0.05, 0.1) is 23.1 Å². The number of hydrogen-bond donors (Lipinski definition) is 2. The van der Waals surface area contributed by atoms with Crippen LogP contribution in [0.5, 0.6) is 0 Å². The smallest absolute Gasteiger partial charge is 0.235 e. The number of amides is 1. The minimum absolute atomic E-state index is 0.110. The minimum Gasteiger partial charge on any atom is -0.469 e. The topological polar surface area (TPSA) is 123 Å². The van der Waals surface area contributed by atoms with E-state index in [9.17, 15) is 10.1 Å². The Morgan fingerprint density at radius 3 is 2.94 bits per heavy atom. The first-order valence-electron chi connectivity index (χ1n) is 11.0. The molecule has 0 fully saturated rings. The molecular weight excluding hydrogens is 456 g/mol. The van der Waals surface area contributed by atoms with Gasteiger partial charge in [0.25, 0.3) is 0 Å². The van der Waals surface area contributed by atoms with E-state index in [1.54, 1.807) is 23.7 Å². The van der Waals surface area contributed by atoms with Gasteiger partial charge in [-0.25, -0.2) is 4.68 Å². The molecule has 0 saturated carbocycles. The second-order valence-electron chi connectivity index (χ2n) is 9.01. The highest BCUT2D eigenvalue weighted by molar-refractivity contribution is 7.99. The summed E-state index contributed by atoms with van der Waals surface area (Å²) in [5.74, 6) is 7.79. The van der Waals surface area contributed by atoms with Crippen molar-refractivity contribution in [1.29, 1.82) is 5.26 Å². The Balaban J connectivity index is 1.43. The number of carbonyl (C=O) groups excluding carboxylic acids is 1. The number of nitrogens with zero attached hydrogens (tertiary/aromatic N) is 4. The number of rotatable bonds is 7. The third-order valence-electron chi connectivity index (χ3n) is 6.74. The molecule has 3 aromatic heterocycles. The van der Waals surface area contributed by atoms with Gasteiger partial charge in [-0.1, -0.05) is 39.0 Å². The fraction of sp³-hybridized carbons (Fsp3) is 0.478. The first-order chi connectivity index (χ1) is 15.7. The van der Waals surface area contributed by atoms with Gasteiger partial charge in [0.15, 0.2) is 5.82 Å². The zero-order valence-corrected chi connectivity index (χ0v) is 20.9. The largest absolute Gasteiger partial charge is 0.469 e. The van der Waals surface area contributed by atoms with Crippen molar-refractivity contribution < 1.29 is 9.21 Å². The quantitative estimate of drug-likeness (QED) is 0.366. The van der Waals surface area contributed by atoms with Crippen molar-refractivity contribution in [3.05, 3.63) is 34.1 Å². The Morgan fingerprint density at radius 2 is 2.27 bits per heavy atom. The zero-order chi connectivity index (χ0) is 23.8. The lowest BCUT2D eigenvalue weighted by Crippen LogP contribution is -2.28. The van der Waals surface area contributed by atoms with Crippen LogP contribution < -0.4 is 11.2 Å². The highest BCUT2D eigenvalue weighted by atomic mass is 32.2. The molecule has 33 heavy (non-hydrogen) atoms. The summed E-state index contributed by atoms with van der Waals surface area (Å²) in [6.07, 6.45) is 5.62. The molecule has 0 aromatic carbocycles. The molecule has 0 bridgehead atoms. The molecule has 0 spiro atoms. The Hall–Kier alpha value is -2.77. The van der Waals surface area contributed by atoms with Crippen molar-refractivity contribution in [1.82, 2.24) is 14.9 Å². The summed E-state index contributed by atoms with van der Waals surface area (Å²) in [6.45, 7) is 8.69. The second-order valence-corrected chi connectivity index (χ2v) is 11.1. The van der Waals surface area contributed by atoms with Crippen LogP contribution in [0.25, 0.3) is 11.4 Å². The Bertz CT molecular complexity index is 1220. The summed E-state index contributed by atoms with van der Waals surface area (Å²) in [5.41, 5.74) is 2.74. The first-order valence-corrected chi connectivity index (χ1v) is 12.8. The number of aryl methyl sites for hydroxylation is 1. The maximum Gasteiger partial charge on any atom is 0.235 e. The standard InChI is InChI=1S/C23H28N6O2S2/c1-5-23(3,4)14-6-7-16-17(11-24)21(33-18(16)10-14)26-19(30)12-32-22-28-27-20(29(22)25)15-8-9-31-13(15)2/h8-9,14H,5-7,10,12,25H2,1-4H3,(H,26,30). The molecule has 3 aromatic rings. The lowest BCUT2D eigenvalue weighted by molar-refractivity contribution is -0.113. The highest BCUT2D eigenvalue weighted by Gasteiger charge is 2.34. The van der Waals surface area contributed by atoms with Crippen molar-refractivity contribution in [2.24, 2.45) is 11.3 Å². The number of nitrogen functional groups attached to an aromatic ring is 1. The van der Waals surface area contributed by atoms with Crippen molar-refractivity contribution in [2.45, 2.75) is 58.5 Å². The molecule has 3 heterocycles. The van der Waals surface area contributed by atoms with Crippen molar-refractivity contribution in [3.63, 3.8) is 0 Å². The highest BCUT2D eigenvalue weighted by Crippen LogP contribution is 2.45. The third-order valence-corrected chi connectivity index (χ3v) is 8.86. The van der Waals surface area contributed by atoms with Gasteiger partial charge in [-0.2, -0.15) is 5.26 Å². The molecular formula is C23H28N6O2S2. The minimum atomic E-state index is -0.204. The SMILES string of the molecule is CCC(C)(C)C1CCc2c(sc(NC(=O)CSc3nnc(-c4ccoc4C)n3N)c2C#N)C1. The second kappa shape index (κ2) is 9.23. The molecule has 0 radical (unpaired) electrons. The molecule has 4 rings (SSSR count). The number of nitrogens with one attached hydrogen (secondary N) is 1. The summed E-state index contributed by atoms with van der Waals surface area (Å²) in [5, 5.41) is 22.0. The van der Waals surface area contributed by atoms with E-state index in [1.165, 1.54) is 21.3 Å². The Morgan fingerprint density at radius 1 is 1.48 bits per heavy atom. The number of anilines is 1.